The Balaban J connectivity index is 2.54. The number of amides is 2. The van der Waals surface area contributed by atoms with E-state index in [1.165, 1.54) is 4.90 Å². The maximum Gasteiger partial charge on any atom is 0.323 e. The lowest BCUT2D eigenvalue weighted by atomic mass is 10.4. The average Bonchev–Trinajstić information content (AvgIpc) is 2.53. The first-order chi connectivity index (χ1) is 7.65. The molecule has 1 fully saturated rings. The largest absolute Gasteiger partial charge is 0.480 e. The van der Waals surface area contributed by atoms with Crippen LogP contribution in [-0.4, -0.2) is 66.2 Å². The van der Waals surface area contributed by atoms with Crippen molar-refractivity contribution >= 4 is 12.0 Å². The van der Waals surface area contributed by atoms with Gasteiger partial charge in [-0.05, 0) is 19.9 Å². The number of carboxylic acids is 1. The minimum absolute atomic E-state index is 0.173. The van der Waals surface area contributed by atoms with Crippen LogP contribution in [0.25, 0.3) is 0 Å². The van der Waals surface area contributed by atoms with Crippen molar-refractivity contribution in [2.24, 2.45) is 0 Å². The fraction of sp³-hybridized carbons (Fsp3) is 0.800. The van der Waals surface area contributed by atoms with Crippen molar-refractivity contribution in [2.45, 2.75) is 13.3 Å². The van der Waals surface area contributed by atoms with E-state index < -0.39 is 5.97 Å². The number of aliphatic carboxylic acids is 1. The van der Waals surface area contributed by atoms with Gasteiger partial charge in [0.15, 0.2) is 0 Å². The lowest BCUT2D eigenvalue weighted by Crippen LogP contribution is -2.46. The summed E-state index contributed by atoms with van der Waals surface area (Å²) in [7, 11) is 0. The number of nitrogens with one attached hydrogen (secondary N) is 1. The van der Waals surface area contributed by atoms with Crippen molar-refractivity contribution in [1.29, 1.82) is 0 Å². The first-order valence-corrected chi connectivity index (χ1v) is 5.61. The van der Waals surface area contributed by atoms with E-state index in [-0.39, 0.29) is 12.6 Å². The molecule has 2 N–H and O–H groups in total. The molecule has 0 radical (unpaired) electrons. The molecule has 6 nitrogen and oxygen atoms in total. The summed E-state index contributed by atoms with van der Waals surface area (Å²) in [6.45, 7) is 5.02. The SMILES string of the molecule is CCN(CC(=O)O)C(=O)N1CCCNCC1. The zero-order valence-corrected chi connectivity index (χ0v) is 9.61. The van der Waals surface area contributed by atoms with E-state index >= 15 is 0 Å². The molecule has 0 aliphatic carbocycles. The van der Waals surface area contributed by atoms with E-state index in [0.29, 0.717) is 19.6 Å². The molecule has 92 valence electrons. The van der Waals surface area contributed by atoms with Crippen LogP contribution in [0.4, 0.5) is 4.79 Å². The molecular formula is C10H19N3O3. The van der Waals surface area contributed by atoms with Gasteiger partial charge in [-0.3, -0.25) is 4.79 Å². The summed E-state index contributed by atoms with van der Waals surface area (Å²) in [6, 6.07) is -0.173. The van der Waals surface area contributed by atoms with Crippen molar-refractivity contribution in [3.8, 4) is 0 Å². The van der Waals surface area contributed by atoms with Crippen molar-refractivity contribution < 1.29 is 14.7 Å². The topological polar surface area (TPSA) is 72.9 Å². The summed E-state index contributed by atoms with van der Waals surface area (Å²) in [5, 5.41) is 11.9. The van der Waals surface area contributed by atoms with Crippen LogP contribution in [0.1, 0.15) is 13.3 Å². The van der Waals surface area contributed by atoms with Crippen LogP contribution in [0.15, 0.2) is 0 Å². The molecule has 6 heteroatoms. The monoisotopic (exact) mass is 229 g/mol. The van der Waals surface area contributed by atoms with Gasteiger partial charge in [0, 0.05) is 26.2 Å². The molecule has 1 aliphatic heterocycles. The molecule has 0 spiro atoms. The Bertz CT molecular complexity index is 250. The van der Waals surface area contributed by atoms with Gasteiger partial charge in [0.2, 0.25) is 0 Å². The molecule has 0 bridgehead atoms. The molecule has 2 amide bonds. The zero-order chi connectivity index (χ0) is 12.0. The zero-order valence-electron chi connectivity index (χ0n) is 9.61. The Morgan fingerprint density at radius 1 is 1.38 bits per heavy atom. The van der Waals surface area contributed by atoms with Gasteiger partial charge in [-0.15, -0.1) is 0 Å². The third-order valence-electron chi connectivity index (χ3n) is 2.59. The fourth-order valence-electron chi connectivity index (χ4n) is 1.71. The van der Waals surface area contributed by atoms with E-state index in [9.17, 15) is 9.59 Å². The minimum atomic E-state index is -0.969. The van der Waals surface area contributed by atoms with Crippen LogP contribution in [0, 0.1) is 0 Å². The smallest absolute Gasteiger partial charge is 0.323 e. The lowest BCUT2D eigenvalue weighted by Gasteiger charge is -2.27. The van der Waals surface area contributed by atoms with Gasteiger partial charge in [0.1, 0.15) is 6.54 Å². The normalized spacial score (nSPS) is 16.7. The van der Waals surface area contributed by atoms with Gasteiger partial charge in [0.25, 0.3) is 0 Å². The highest BCUT2D eigenvalue weighted by Crippen LogP contribution is 2.02. The molecule has 0 aromatic carbocycles. The molecule has 0 atom stereocenters. The first-order valence-electron chi connectivity index (χ1n) is 5.61. The highest BCUT2D eigenvalue weighted by atomic mass is 16.4. The highest BCUT2D eigenvalue weighted by Gasteiger charge is 2.21. The van der Waals surface area contributed by atoms with Crippen LogP contribution in [0.3, 0.4) is 0 Å². The molecule has 0 unspecified atom stereocenters. The molecule has 16 heavy (non-hydrogen) atoms. The van der Waals surface area contributed by atoms with Gasteiger partial charge in [0.05, 0.1) is 0 Å². The Morgan fingerprint density at radius 3 is 2.75 bits per heavy atom. The Labute approximate surface area is 95.2 Å². The Kier molecular flexibility index (Phi) is 5.04. The molecule has 0 saturated carbocycles. The van der Waals surface area contributed by atoms with Gasteiger partial charge in [-0.2, -0.15) is 0 Å². The number of carboxylic acid groups (broad SMARTS) is 1. The van der Waals surface area contributed by atoms with Crippen LogP contribution in [-0.2, 0) is 4.79 Å². The molecule has 0 aromatic rings. The molecular weight excluding hydrogens is 210 g/mol. The summed E-state index contributed by atoms with van der Waals surface area (Å²) in [6.07, 6.45) is 0.913. The third-order valence-corrected chi connectivity index (χ3v) is 2.59. The summed E-state index contributed by atoms with van der Waals surface area (Å²) in [5.41, 5.74) is 0. The van der Waals surface area contributed by atoms with Crippen molar-refractivity contribution in [3.63, 3.8) is 0 Å². The average molecular weight is 229 g/mol. The van der Waals surface area contributed by atoms with Crippen LogP contribution in [0.5, 0.6) is 0 Å². The van der Waals surface area contributed by atoms with Crippen molar-refractivity contribution in [2.75, 3.05) is 39.3 Å². The fourth-order valence-corrected chi connectivity index (χ4v) is 1.71. The van der Waals surface area contributed by atoms with Crippen molar-refractivity contribution in [3.05, 3.63) is 0 Å². The number of likely N-dealkylation sites (N-methyl/N-ethyl adjacent to an activating group) is 1. The van der Waals surface area contributed by atoms with Crippen LogP contribution >= 0.6 is 0 Å². The number of carbonyl (C=O) groups excluding carboxylic acids is 1. The molecule has 1 rings (SSSR count). The minimum Gasteiger partial charge on any atom is -0.480 e. The van der Waals surface area contributed by atoms with E-state index in [1.807, 2.05) is 0 Å². The standard InChI is InChI=1S/C10H19N3O3/c1-2-12(8-9(14)15)10(16)13-6-3-4-11-5-7-13/h11H,2-8H2,1H3,(H,14,15). The van der Waals surface area contributed by atoms with Crippen LogP contribution < -0.4 is 5.32 Å². The van der Waals surface area contributed by atoms with E-state index in [0.717, 1.165) is 19.5 Å². The number of rotatable bonds is 3. The summed E-state index contributed by atoms with van der Waals surface area (Å²) >= 11 is 0. The molecule has 1 heterocycles. The second-order valence-corrected chi connectivity index (χ2v) is 3.78. The summed E-state index contributed by atoms with van der Waals surface area (Å²) in [4.78, 5) is 25.6. The highest BCUT2D eigenvalue weighted by molar-refractivity contribution is 5.80. The Morgan fingerprint density at radius 2 is 2.12 bits per heavy atom. The number of carbonyl (C=O) groups is 2. The van der Waals surface area contributed by atoms with E-state index in [4.69, 9.17) is 5.11 Å². The molecule has 1 aliphatic rings. The quantitative estimate of drug-likeness (QED) is 0.703. The Hall–Kier alpha value is -1.30. The van der Waals surface area contributed by atoms with Gasteiger partial charge >= 0.3 is 12.0 Å². The van der Waals surface area contributed by atoms with Gasteiger partial charge in [-0.25, -0.2) is 4.79 Å². The second-order valence-electron chi connectivity index (χ2n) is 3.78. The predicted octanol–water partition coefficient (Wildman–Crippen LogP) is -0.192. The molecule has 0 aromatic heterocycles. The van der Waals surface area contributed by atoms with Gasteiger partial charge < -0.3 is 20.2 Å². The first kappa shape index (κ1) is 12.8. The molecule has 1 saturated heterocycles. The third kappa shape index (κ3) is 3.69. The summed E-state index contributed by atoms with van der Waals surface area (Å²) < 4.78 is 0. The number of urea groups is 1. The van der Waals surface area contributed by atoms with E-state index in [1.54, 1.807) is 11.8 Å². The number of hydrogen-bond donors (Lipinski definition) is 2. The number of nitrogens with zero attached hydrogens (tertiary/aromatic N) is 2. The van der Waals surface area contributed by atoms with Gasteiger partial charge in [-0.1, -0.05) is 0 Å². The van der Waals surface area contributed by atoms with Crippen molar-refractivity contribution in [1.82, 2.24) is 15.1 Å². The maximum atomic E-state index is 12.0. The lowest BCUT2D eigenvalue weighted by molar-refractivity contribution is -0.137. The van der Waals surface area contributed by atoms with Crippen LogP contribution in [0.2, 0.25) is 0 Å². The van der Waals surface area contributed by atoms with E-state index in [2.05, 4.69) is 5.32 Å². The second kappa shape index (κ2) is 6.32. The maximum absolute atomic E-state index is 12.0. The predicted molar refractivity (Wildman–Crippen MR) is 59.3 cm³/mol. The number of hydrogen-bond acceptors (Lipinski definition) is 3. The summed E-state index contributed by atoms with van der Waals surface area (Å²) in [5.74, 6) is -0.969.